The molecule has 0 radical (unpaired) electrons. The summed E-state index contributed by atoms with van der Waals surface area (Å²) in [5.41, 5.74) is 0.0638. The Morgan fingerprint density at radius 2 is 2.30 bits per heavy atom. The third-order valence-electron chi connectivity index (χ3n) is 4.99. The third kappa shape index (κ3) is 4.40. The quantitative estimate of drug-likeness (QED) is 0.568. The van der Waals surface area contributed by atoms with E-state index < -0.39 is 5.41 Å². The number of rotatable bonds is 6. The molecule has 2 heterocycles. The van der Waals surface area contributed by atoms with E-state index in [4.69, 9.17) is 10.1 Å². The molecular formula is C18H30FN3O. The van der Waals surface area contributed by atoms with Crippen molar-refractivity contribution in [3.8, 4) is 0 Å². The van der Waals surface area contributed by atoms with Crippen molar-refractivity contribution in [2.24, 2.45) is 16.3 Å². The second kappa shape index (κ2) is 8.04. The van der Waals surface area contributed by atoms with Gasteiger partial charge in [0.15, 0.2) is 11.9 Å². The summed E-state index contributed by atoms with van der Waals surface area (Å²) < 4.78 is 19.6. The van der Waals surface area contributed by atoms with E-state index in [1.54, 1.807) is 0 Å². The fourth-order valence-corrected chi connectivity index (χ4v) is 3.39. The molecule has 2 aliphatic heterocycles. The highest BCUT2D eigenvalue weighted by Gasteiger charge is 2.43. The number of ether oxygens (including phenoxy) is 1. The Kier molecular flexibility index (Phi) is 6.33. The zero-order chi connectivity index (χ0) is 16.9. The lowest BCUT2D eigenvalue weighted by atomic mass is 9.76. The van der Waals surface area contributed by atoms with Gasteiger partial charge in [-0.3, -0.25) is 5.41 Å². The molecule has 0 aromatic heterocycles. The number of halogens is 1. The molecule has 1 saturated heterocycles. The molecule has 0 amide bonds. The first-order chi connectivity index (χ1) is 11.0. The van der Waals surface area contributed by atoms with Crippen molar-refractivity contribution in [3.63, 3.8) is 0 Å². The fraction of sp³-hybridized carbons (Fsp3) is 0.778. The van der Waals surface area contributed by atoms with Gasteiger partial charge in [0.05, 0.1) is 17.2 Å². The molecule has 0 saturated carbocycles. The summed E-state index contributed by atoms with van der Waals surface area (Å²) >= 11 is 0. The molecule has 5 heteroatoms. The summed E-state index contributed by atoms with van der Waals surface area (Å²) in [6.07, 6.45) is 6.76. The van der Waals surface area contributed by atoms with Crippen molar-refractivity contribution in [1.82, 2.24) is 5.32 Å². The predicted molar refractivity (Wildman–Crippen MR) is 92.7 cm³/mol. The maximum atomic E-state index is 13.7. The Hall–Kier alpha value is -1.23. The molecule has 23 heavy (non-hydrogen) atoms. The molecular weight excluding hydrogens is 293 g/mol. The molecule has 0 spiro atoms. The van der Waals surface area contributed by atoms with Crippen LogP contribution in [0.15, 0.2) is 16.8 Å². The smallest absolute Gasteiger partial charge is 0.194 e. The van der Waals surface area contributed by atoms with Crippen molar-refractivity contribution < 1.29 is 9.13 Å². The van der Waals surface area contributed by atoms with E-state index in [9.17, 15) is 4.39 Å². The second-order valence-electron chi connectivity index (χ2n) is 6.99. The van der Waals surface area contributed by atoms with Crippen molar-refractivity contribution in [2.75, 3.05) is 13.1 Å². The van der Waals surface area contributed by atoms with Crippen LogP contribution in [-0.4, -0.2) is 31.1 Å². The van der Waals surface area contributed by atoms with Gasteiger partial charge < -0.3 is 10.1 Å². The largest absolute Gasteiger partial charge is 0.477 e. The number of hydrogen-bond acceptors (Lipinski definition) is 4. The van der Waals surface area contributed by atoms with E-state index >= 15 is 0 Å². The van der Waals surface area contributed by atoms with Crippen LogP contribution in [0.5, 0.6) is 0 Å². The SMILES string of the molecule is CCC(C)CC(C)OC(=N)C1(C2=CCCC(F)=N2)CCCNC1. The van der Waals surface area contributed by atoms with Gasteiger partial charge in [0, 0.05) is 13.0 Å². The summed E-state index contributed by atoms with van der Waals surface area (Å²) in [4.78, 5) is 4.13. The highest BCUT2D eigenvalue weighted by atomic mass is 19.1. The Morgan fingerprint density at radius 1 is 1.52 bits per heavy atom. The summed E-state index contributed by atoms with van der Waals surface area (Å²) in [5.74, 6) is 0.487. The Morgan fingerprint density at radius 3 is 2.91 bits per heavy atom. The van der Waals surface area contributed by atoms with Gasteiger partial charge in [0.25, 0.3) is 0 Å². The summed E-state index contributed by atoms with van der Waals surface area (Å²) in [6, 6.07) is 0. The number of nitrogens with zero attached hydrogens (tertiary/aromatic N) is 1. The lowest BCUT2D eigenvalue weighted by Crippen LogP contribution is -2.48. The minimum atomic E-state index is -0.611. The van der Waals surface area contributed by atoms with Crippen LogP contribution in [-0.2, 0) is 4.74 Å². The molecule has 0 aromatic rings. The Bertz CT molecular complexity index is 481. The Labute approximate surface area is 139 Å². The van der Waals surface area contributed by atoms with Gasteiger partial charge in [-0.05, 0) is 45.1 Å². The lowest BCUT2D eigenvalue weighted by molar-refractivity contribution is 0.141. The van der Waals surface area contributed by atoms with Crippen LogP contribution in [0.4, 0.5) is 4.39 Å². The molecule has 2 N–H and O–H groups in total. The Balaban J connectivity index is 2.14. The van der Waals surface area contributed by atoms with Gasteiger partial charge in [-0.2, -0.15) is 4.39 Å². The van der Waals surface area contributed by atoms with E-state index in [1.807, 2.05) is 13.0 Å². The number of hydrogen-bond donors (Lipinski definition) is 2. The maximum Gasteiger partial charge on any atom is 0.194 e. The van der Waals surface area contributed by atoms with E-state index in [0.29, 0.717) is 31.0 Å². The highest BCUT2D eigenvalue weighted by molar-refractivity contribution is 5.86. The zero-order valence-corrected chi connectivity index (χ0v) is 14.6. The first-order valence-electron chi connectivity index (χ1n) is 8.88. The number of nitrogens with one attached hydrogen (secondary N) is 2. The van der Waals surface area contributed by atoms with Gasteiger partial charge >= 0.3 is 0 Å². The molecule has 0 aliphatic carbocycles. The third-order valence-corrected chi connectivity index (χ3v) is 4.99. The maximum absolute atomic E-state index is 13.7. The molecule has 0 bridgehead atoms. The van der Waals surface area contributed by atoms with E-state index in [1.165, 1.54) is 0 Å². The number of allylic oxidation sites excluding steroid dienone is 1. The van der Waals surface area contributed by atoms with Crippen molar-refractivity contribution in [3.05, 3.63) is 11.8 Å². The van der Waals surface area contributed by atoms with Crippen LogP contribution in [0.3, 0.4) is 0 Å². The first kappa shape index (κ1) is 18.1. The van der Waals surface area contributed by atoms with E-state index in [2.05, 4.69) is 24.2 Å². The van der Waals surface area contributed by atoms with Crippen LogP contribution in [0.25, 0.3) is 0 Å². The molecule has 4 nitrogen and oxygen atoms in total. The normalized spacial score (nSPS) is 27.7. The molecule has 1 fully saturated rings. The van der Waals surface area contributed by atoms with E-state index in [0.717, 1.165) is 32.2 Å². The molecule has 0 aromatic carbocycles. The predicted octanol–water partition coefficient (Wildman–Crippen LogP) is 4.22. The molecule has 130 valence electrons. The van der Waals surface area contributed by atoms with Crippen LogP contribution >= 0.6 is 0 Å². The van der Waals surface area contributed by atoms with Crippen LogP contribution < -0.4 is 5.32 Å². The van der Waals surface area contributed by atoms with Crippen molar-refractivity contribution in [1.29, 1.82) is 5.41 Å². The van der Waals surface area contributed by atoms with E-state index in [-0.39, 0.29) is 18.0 Å². The number of piperidine rings is 1. The molecule has 2 rings (SSSR count). The average molecular weight is 323 g/mol. The average Bonchev–Trinajstić information content (AvgIpc) is 2.55. The van der Waals surface area contributed by atoms with Crippen molar-refractivity contribution in [2.45, 2.75) is 65.4 Å². The second-order valence-corrected chi connectivity index (χ2v) is 6.99. The zero-order valence-electron chi connectivity index (χ0n) is 14.6. The summed E-state index contributed by atoms with van der Waals surface area (Å²) in [5, 5.41) is 11.9. The van der Waals surface area contributed by atoms with Gasteiger partial charge in [0.1, 0.15) is 0 Å². The monoisotopic (exact) mass is 323 g/mol. The van der Waals surface area contributed by atoms with Gasteiger partial charge in [-0.25, -0.2) is 4.99 Å². The summed E-state index contributed by atoms with van der Waals surface area (Å²) in [7, 11) is 0. The standard InChI is InChI=1S/C18H30FN3O/c1-4-13(2)11-14(3)23-17(20)18(9-6-10-21-12-18)15-7-5-8-16(19)22-15/h7,13-14,20-21H,4-6,8-12H2,1-3H3. The fourth-order valence-electron chi connectivity index (χ4n) is 3.39. The van der Waals surface area contributed by atoms with Gasteiger partial charge in [0.2, 0.25) is 0 Å². The van der Waals surface area contributed by atoms with Crippen LogP contribution in [0.2, 0.25) is 0 Å². The minimum absolute atomic E-state index is 0.00531. The summed E-state index contributed by atoms with van der Waals surface area (Å²) in [6.45, 7) is 7.91. The number of aliphatic imine (C=N–C) groups is 1. The van der Waals surface area contributed by atoms with Gasteiger partial charge in [-0.1, -0.05) is 26.3 Å². The van der Waals surface area contributed by atoms with Crippen LogP contribution in [0.1, 0.15) is 59.3 Å². The topological polar surface area (TPSA) is 57.5 Å². The molecule has 3 unspecified atom stereocenters. The first-order valence-corrected chi connectivity index (χ1v) is 8.88. The van der Waals surface area contributed by atoms with Crippen molar-refractivity contribution >= 4 is 11.9 Å². The molecule has 3 atom stereocenters. The van der Waals surface area contributed by atoms with Gasteiger partial charge in [-0.15, -0.1) is 0 Å². The lowest BCUT2D eigenvalue weighted by Gasteiger charge is -2.39. The molecule has 2 aliphatic rings. The minimum Gasteiger partial charge on any atom is -0.477 e. The van der Waals surface area contributed by atoms with Crippen LogP contribution in [0, 0.1) is 16.7 Å². The highest BCUT2D eigenvalue weighted by Crippen LogP contribution is 2.39.